The summed E-state index contributed by atoms with van der Waals surface area (Å²) in [4.78, 5) is 0.157. The quantitative estimate of drug-likeness (QED) is 0.699. The Bertz CT molecular complexity index is 990. The maximum Gasteiger partial charge on any atom is 0.181 e. The standard InChI is InChI=1S/C22H22O4S/c1-22(23,16-27(24,25)21-14-12-20(26-2)13-15-21)19-10-8-18(9-11-19)17-6-4-3-5-7-17/h3-15,23H,16H2,1-2H3. The average Bonchev–Trinajstić information content (AvgIpc) is 2.68. The Morgan fingerprint density at radius 2 is 1.41 bits per heavy atom. The van der Waals surface area contributed by atoms with E-state index in [1.165, 1.54) is 26.2 Å². The van der Waals surface area contributed by atoms with E-state index in [1.807, 2.05) is 42.5 Å². The average molecular weight is 382 g/mol. The summed E-state index contributed by atoms with van der Waals surface area (Å²) in [5.41, 5.74) is 1.12. The first-order chi connectivity index (χ1) is 12.8. The zero-order valence-corrected chi connectivity index (χ0v) is 16.1. The lowest BCUT2D eigenvalue weighted by Gasteiger charge is -2.24. The molecule has 1 atom stereocenters. The van der Waals surface area contributed by atoms with Crippen molar-refractivity contribution >= 4 is 9.84 Å². The van der Waals surface area contributed by atoms with E-state index in [1.54, 1.807) is 24.3 Å². The van der Waals surface area contributed by atoms with Crippen LogP contribution in [0.3, 0.4) is 0 Å². The zero-order chi connectivity index (χ0) is 19.5. The summed E-state index contributed by atoms with van der Waals surface area (Å²) >= 11 is 0. The Morgan fingerprint density at radius 3 is 1.96 bits per heavy atom. The van der Waals surface area contributed by atoms with Crippen LogP contribution in [0.1, 0.15) is 12.5 Å². The minimum atomic E-state index is -3.66. The molecule has 0 aliphatic heterocycles. The highest BCUT2D eigenvalue weighted by Crippen LogP contribution is 2.28. The van der Waals surface area contributed by atoms with E-state index in [0.717, 1.165) is 11.1 Å². The molecule has 140 valence electrons. The predicted octanol–water partition coefficient (Wildman–Crippen LogP) is 4.04. The number of methoxy groups -OCH3 is 1. The lowest BCUT2D eigenvalue weighted by molar-refractivity contribution is 0.0819. The first kappa shape index (κ1) is 19.1. The molecule has 0 heterocycles. The molecular weight excluding hydrogens is 360 g/mol. The van der Waals surface area contributed by atoms with E-state index in [4.69, 9.17) is 4.74 Å². The van der Waals surface area contributed by atoms with Crippen LogP contribution in [0.4, 0.5) is 0 Å². The SMILES string of the molecule is COc1ccc(S(=O)(=O)CC(C)(O)c2ccc(-c3ccccc3)cc2)cc1. The minimum absolute atomic E-state index is 0.157. The highest BCUT2D eigenvalue weighted by Gasteiger charge is 2.31. The maximum atomic E-state index is 12.7. The minimum Gasteiger partial charge on any atom is -0.497 e. The van der Waals surface area contributed by atoms with Gasteiger partial charge in [-0.15, -0.1) is 0 Å². The molecule has 0 aliphatic rings. The van der Waals surface area contributed by atoms with Gasteiger partial charge in [0.2, 0.25) is 0 Å². The molecule has 3 aromatic carbocycles. The van der Waals surface area contributed by atoms with E-state index in [0.29, 0.717) is 11.3 Å². The van der Waals surface area contributed by atoms with Gasteiger partial charge in [-0.2, -0.15) is 0 Å². The Balaban J connectivity index is 1.82. The fraction of sp³-hybridized carbons (Fsp3) is 0.182. The van der Waals surface area contributed by atoms with Crippen molar-refractivity contribution in [2.24, 2.45) is 0 Å². The van der Waals surface area contributed by atoms with E-state index in [2.05, 4.69) is 0 Å². The zero-order valence-electron chi connectivity index (χ0n) is 15.3. The van der Waals surface area contributed by atoms with Crippen LogP contribution in [0.5, 0.6) is 5.75 Å². The van der Waals surface area contributed by atoms with Crippen LogP contribution >= 0.6 is 0 Å². The molecule has 0 spiro atoms. The second-order valence-electron chi connectivity index (χ2n) is 6.65. The monoisotopic (exact) mass is 382 g/mol. The number of hydrogen-bond donors (Lipinski definition) is 1. The summed E-state index contributed by atoms with van der Waals surface area (Å²) in [6, 6.07) is 23.4. The van der Waals surface area contributed by atoms with Crippen LogP contribution < -0.4 is 4.74 Å². The third kappa shape index (κ3) is 4.38. The van der Waals surface area contributed by atoms with Gasteiger partial charge in [0.25, 0.3) is 0 Å². The topological polar surface area (TPSA) is 63.6 Å². The van der Waals surface area contributed by atoms with E-state index in [-0.39, 0.29) is 4.90 Å². The Morgan fingerprint density at radius 1 is 0.852 bits per heavy atom. The fourth-order valence-electron chi connectivity index (χ4n) is 2.97. The molecule has 0 fully saturated rings. The Kier molecular flexibility index (Phi) is 5.35. The highest BCUT2D eigenvalue weighted by molar-refractivity contribution is 7.91. The maximum absolute atomic E-state index is 12.7. The van der Waals surface area contributed by atoms with Gasteiger partial charge in [-0.3, -0.25) is 0 Å². The molecule has 0 aromatic heterocycles. The van der Waals surface area contributed by atoms with Crippen molar-refractivity contribution in [2.75, 3.05) is 12.9 Å². The smallest absolute Gasteiger partial charge is 0.181 e. The molecule has 1 N–H and O–H groups in total. The van der Waals surface area contributed by atoms with Crippen molar-refractivity contribution < 1.29 is 18.3 Å². The van der Waals surface area contributed by atoms with Gasteiger partial charge < -0.3 is 9.84 Å². The first-order valence-corrected chi connectivity index (χ1v) is 10.2. The van der Waals surface area contributed by atoms with Crippen LogP contribution in [0, 0.1) is 0 Å². The van der Waals surface area contributed by atoms with E-state index >= 15 is 0 Å². The first-order valence-electron chi connectivity index (χ1n) is 8.57. The van der Waals surface area contributed by atoms with Crippen LogP contribution in [0.15, 0.2) is 83.8 Å². The summed E-state index contributed by atoms with van der Waals surface area (Å²) < 4.78 is 30.5. The number of rotatable bonds is 6. The molecule has 0 saturated carbocycles. The molecule has 0 amide bonds. The molecular formula is C22H22O4S. The number of aliphatic hydroxyl groups is 1. The van der Waals surface area contributed by atoms with Gasteiger partial charge >= 0.3 is 0 Å². The molecule has 0 aliphatic carbocycles. The van der Waals surface area contributed by atoms with Gasteiger partial charge in [-0.05, 0) is 47.9 Å². The van der Waals surface area contributed by atoms with E-state index < -0.39 is 21.2 Å². The Hall–Kier alpha value is -2.63. The van der Waals surface area contributed by atoms with Crippen LogP contribution in [-0.4, -0.2) is 26.4 Å². The lowest BCUT2D eigenvalue weighted by atomic mass is 9.95. The van der Waals surface area contributed by atoms with Crippen LogP contribution in [0.2, 0.25) is 0 Å². The summed E-state index contributed by atoms with van der Waals surface area (Å²) in [5, 5.41) is 10.8. The molecule has 5 heteroatoms. The molecule has 3 aromatic rings. The normalized spacial score (nSPS) is 13.7. The second kappa shape index (κ2) is 7.55. The van der Waals surface area contributed by atoms with Gasteiger partial charge in [0.15, 0.2) is 9.84 Å². The van der Waals surface area contributed by atoms with Crippen molar-refractivity contribution in [2.45, 2.75) is 17.4 Å². The van der Waals surface area contributed by atoms with Crippen molar-refractivity contribution in [1.82, 2.24) is 0 Å². The van der Waals surface area contributed by atoms with Crippen molar-refractivity contribution in [1.29, 1.82) is 0 Å². The van der Waals surface area contributed by atoms with Crippen LogP contribution in [-0.2, 0) is 15.4 Å². The molecule has 0 bridgehead atoms. The third-order valence-electron chi connectivity index (χ3n) is 4.50. The van der Waals surface area contributed by atoms with Gasteiger partial charge in [-0.1, -0.05) is 54.6 Å². The Labute approximate surface area is 160 Å². The summed E-state index contributed by atoms with van der Waals surface area (Å²) in [7, 11) is -2.14. The molecule has 27 heavy (non-hydrogen) atoms. The van der Waals surface area contributed by atoms with Crippen molar-refractivity contribution in [3.05, 3.63) is 84.4 Å². The highest BCUT2D eigenvalue weighted by atomic mass is 32.2. The summed E-state index contributed by atoms with van der Waals surface area (Å²) in [6.07, 6.45) is 0. The number of ether oxygens (including phenoxy) is 1. The molecule has 4 nitrogen and oxygen atoms in total. The summed E-state index contributed by atoms with van der Waals surface area (Å²) in [5.74, 6) is 0.175. The summed E-state index contributed by atoms with van der Waals surface area (Å²) in [6.45, 7) is 1.52. The van der Waals surface area contributed by atoms with Gasteiger partial charge in [0, 0.05) is 0 Å². The largest absolute Gasteiger partial charge is 0.497 e. The van der Waals surface area contributed by atoms with Crippen LogP contribution in [0.25, 0.3) is 11.1 Å². The predicted molar refractivity (Wildman–Crippen MR) is 106 cm³/mol. The van der Waals surface area contributed by atoms with E-state index in [9.17, 15) is 13.5 Å². The number of hydrogen-bond acceptors (Lipinski definition) is 4. The third-order valence-corrected chi connectivity index (χ3v) is 6.44. The second-order valence-corrected chi connectivity index (χ2v) is 8.64. The van der Waals surface area contributed by atoms with Gasteiger partial charge in [-0.25, -0.2) is 8.42 Å². The van der Waals surface area contributed by atoms with Gasteiger partial charge in [0.05, 0.1) is 17.8 Å². The molecule has 1 unspecified atom stereocenters. The van der Waals surface area contributed by atoms with Crippen molar-refractivity contribution in [3.8, 4) is 16.9 Å². The molecule has 3 rings (SSSR count). The molecule has 0 saturated heterocycles. The fourth-order valence-corrected chi connectivity index (χ4v) is 4.60. The van der Waals surface area contributed by atoms with Gasteiger partial charge in [0.1, 0.15) is 11.4 Å². The van der Waals surface area contributed by atoms with Crippen molar-refractivity contribution in [3.63, 3.8) is 0 Å². The molecule has 0 radical (unpaired) electrons. The number of sulfone groups is 1. The lowest BCUT2D eigenvalue weighted by Crippen LogP contribution is -2.31. The number of benzene rings is 3.